The van der Waals surface area contributed by atoms with Gasteiger partial charge in [0.1, 0.15) is 12.6 Å². The Labute approximate surface area is 48.5 Å². The molecule has 0 saturated carbocycles. The van der Waals surface area contributed by atoms with Gasteiger partial charge in [-0.05, 0) is 11.2 Å². The molecule has 3 heteroatoms. The third-order valence-corrected chi connectivity index (χ3v) is 1.77. The van der Waals surface area contributed by atoms with Gasteiger partial charge < -0.3 is 0 Å². The number of nitrogens with one attached hydrogen (secondary N) is 1. The summed E-state index contributed by atoms with van der Waals surface area (Å²) in [5, 5.41) is 2.21. The van der Waals surface area contributed by atoms with E-state index in [2.05, 4.69) is 17.2 Å². The second kappa shape index (κ2) is 1.16. The lowest BCUT2D eigenvalue weighted by Crippen LogP contribution is -2.38. The maximum absolute atomic E-state index is 3.77. The molecule has 8 heavy (non-hydrogen) atoms. The van der Waals surface area contributed by atoms with Crippen molar-refractivity contribution in [1.82, 2.24) is 10.4 Å². The predicted octanol–water partition coefficient (Wildman–Crippen LogP) is -0.793. The Morgan fingerprint density at radius 1 is 1.75 bits per heavy atom. The molecule has 1 N–H and O–H groups in total. The Morgan fingerprint density at radius 2 is 2.62 bits per heavy atom. The molecule has 2 rings (SSSR count). The lowest BCUT2D eigenvalue weighted by atomic mass is 10.3. The molecule has 0 spiro atoms. The predicted molar refractivity (Wildman–Crippen MR) is 30.5 cm³/mol. The molecule has 2 fully saturated rings. The largest absolute Gasteiger partial charge is 0.192 e. The van der Waals surface area contributed by atoms with E-state index in [1.54, 1.807) is 0 Å². The molecule has 2 heterocycles. The van der Waals surface area contributed by atoms with Crippen LogP contribution >= 0.6 is 0 Å². The van der Waals surface area contributed by atoms with Crippen LogP contribution in [0.1, 0.15) is 6.42 Å². The SMILES string of the molecule is C=[N+]1NCCC2CN21. The first-order valence-corrected chi connectivity index (χ1v) is 2.98. The Bertz CT molecular complexity index is 132. The summed E-state index contributed by atoms with van der Waals surface area (Å²) in [6.45, 7) is 6.06. The molecule has 0 aliphatic carbocycles. The zero-order chi connectivity index (χ0) is 5.56. The number of hydrazine groups is 2. The maximum Gasteiger partial charge on any atom is 0.192 e. The molecule has 2 saturated heterocycles. The van der Waals surface area contributed by atoms with E-state index in [0.29, 0.717) is 0 Å². The molecular weight excluding hydrogens is 102 g/mol. The highest BCUT2D eigenvalue weighted by Crippen LogP contribution is 2.21. The van der Waals surface area contributed by atoms with Crippen LogP contribution in [0.3, 0.4) is 0 Å². The lowest BCUT2D eigenvalue weighted by Gasteiger charge is -2.08. The zero-order valence-electron chi connectivity index (χ0n) is 4.80. The van der Waals surface area contributed by atoms with Crippen molar-refractivity contribution in [3.05, 3.63) is 0 Å². The van der Waals surface area contributed by atoms with Crippen LogP contribution in [0.5, 0.6) is 0 Å². The number of hydrogen-bond donors (Lipinski definition) is 1. The Kier molecular flexibility index (Phi) is 0.604. The van der Waals surface area contributed by atoms with Crippen LogP contribution in [0.25, 0.3) is 0 Å². The van der Waals surface area contributed by atoms with Gasteiger partial charge in [-0.1, -0.05) is 0 Å². The van der Waals surface area contributed by atoms with E-state index in [0.717, 1.165) is 12.6 Å². The monoisotopic (exact) mass is 112 g/mol. The van der Waals surface area contributed by atoms with Gasteiger partial charge in [0.2, 0.25) is 0 Å². The lowest BCUT2D eigenvalue weighted by molar-refractivity contribution is -0.708. The fourth-order valence-electron chi connectivity index (χ4n) is 1.16. The van der Waals surface area contributed by atoms with Crippen LogP contribution in [0.2, 0.25) is 0 Å². The van der Waals surface area contributed by atoms with E-state index in [1.807, 2.05) is 4.79 Å². The molecule has 0 aromatic carbocycles. The van der Waals surface area contributed by atoms with Gasteiger partial charge in [-0.15, -0.1) is 0 Å². The van der Waals surface area contributed by atoms with E-state index in [9.17, 15) is 0 Å². The average Bonchev–Trinajstić information content (AvgIpc) is 2.45. The van der Waals surface area contributed by atoms with Crippen molar-refractivity contribution in [1.29, 1.82) is 0 Å². The Hall–Kier alpha value is -0.730. The van der Waals surface area contributed by atoms with Gasteiger partial charge in [-0.3, -0.25) is 0 Å². The van der Waals surface area contributed by atoms with Gasteiger partial charge in [-0.2, -0.15) is 10.4 Å². The van der Waals surface area contributed by atoms with Crippen molar-refractivity contribution in [2.75, 3.05) is 13.1 Å². The second-order valence-electron chi connectivity index (χ2n) is 2.37. The van der Waals surface area contributed by atoms with Crippen molar-refractivity contribution in [3.8, 4) is 0 Å². The summed E-state index contributed by atoms with van der Waals surface area (Å²) >= 11 is 0. The molecule has 44 valence electrons. The molecule has 0 amide bonds. The number of hydrazone groups is 2. The van der Waals surface area contributed by atoms with Crippen molar-refractivity contribution in [3.63, 3.8) is 0 Å². The van der Waals surface area contributed by atoms with Gasteiger partial charge in [0.05, 0.1) is 6.54 Å². The van der Waals surface area contributed by atoms with E-state index in [1.165, 1.54) is 13.0 Å². The molecule has 1 unspecified atom stereocenters. The van der Waals surface area contributed by atoms with Crippen LogP contribution in [0.4, 0.5) is 0 Å². The normalized spacial score (nSPS) is 33.8. The van der Waals surface area contributed by atoms with E-state index in [4.69, 9.17) is 0 Å². The number of nitrogens with zero attached hydrogens (tertiary/aromatic N) is 2. The second-order valence-corrected chi connectivity index (χ2v) is 2.37. The molecule has 0 bridgehead atoms. The highest BCUT2D eigenvalue weighted by molar-refractivity contribution is 5.14. The first-order chi connectivity index (χ1) is 3.88. The summed E-state index contributed by atoms with van der Waals surface area (Å²) in [7, 11) is 0. The van der Waals surface area contributed by atoms with Crippen LogP contribution in [-0.4, -0.2) is 35.7 Å². The van der Waals surface area contributed by atoms with Gasteiger partial charge in [0, 0.05) is 0 Å². The highest BCUT2D eigenvalue weighted by Gasteiger charge is 2.44. The number of hydrogen-bond acceptors (Lipinski definition) is 2. The fraction of sp³-hybridized carbons (Fsp3) is 0.800. The minimum atomic E-state index is 0.814. The molecule has 0 aromatic rings. The van der Waals surface area contributed by atoms with Gasteiger partial charge in [0.25, 0.3) is 0 Å². The van der Waals surface area contributed by atoms with Gasteiger partial charge in [0.15, 0.2) is 6.72 Å². The van der Waals surface area contributed by atoms with Crippen LogP contribution in [-0.2, 0) is 0 Å². The number of rotatable bonds is 0. The minimum absolute atomic E-state index is 0.814. The van der Waals surface area contributed by atoms with Gasteiger partial charge >= 0.3 is 0 Å². The molecule has 0 radical (unpaired) electrons. The van der Waals surface area contributed by atoms with Crippen LogP contribution < -0.4 is 5.43 Å². The number of fused-ring (bicyclic) bond motifs is 1. The van der Waals surface area contributed by atoms with Crippen LogP contribution in [0.15, 0.2) is 0 Å². The minimum Gasteiger partial charge on any atom is -0.171 e. The van der Waals surface area contributed by atoms with E-state index in [-0.39, 0.29) is 0 Å². The first-order valence-electron chi connectivity index (χ1n) is 2.98. The third kappa shape index (κ3) is 0.412. The van der Waals surface area contributed by atoms with Crippen LogP contribution in [0, 0.1) is 0 Å². The molecule has 0 aromatic heterocycles. The van der Waals surface area contributed by atoms with Crippen molar-refractivity contribution in [2.45, 2.75) is 12.5 Å². The summed E-state index contributed by atoms with van der Waals surface area (Å²) < 4.78 is 0. The van der Waals surface area contributed by atoms with E-state index >= 15 is 0 Å². The summed E-state index contributed by atoms with van der Waals surface area (Å²) in [6.07, 6.45) is 1.28. The standard InChI is InChI=1S/C5H10N3/c1-7-6-3-2-5-4-8(5)7/h5-6H,1-4H2/q+1. The summed E-state index contributed by atoms with van der Waals surface area (Å²) in [5.74, 6) is 0. The summed E-state index contributed by atoms with van der Waals surface area (Å²) in [4.78, 5) is 1.84. The molecule has 2 aliphatic rings. The van der Waals surface area contributed by atoms with Crippen molar-refractivity contribution in [2.24, 2.45) is 0 Å². The zero-order valence-corrected chi connectivity index (χ0v) is 4.80. The average molecular weight is 112 g/mol. The topological polar surface area (TPSA) is 18.0 Å². The Morgan fingerprint density at radius 3 is 3.25 bits per heavy atom. The van der Waals surface area contributed by atoms with Gasteiger partial charge in [-0.25, -0.2) is 0 Å². The Balaban J connectivity index is 2.08. The van der Waals surface area contributed by atoms with E-state index < -0.39 is 0 Å². The van der Waals surface area contributed by atoms with Crippen molar-refractivity contribution < 1.29 is 4.79 Å². The first kappa shape index (κ1) is 4.18. The molecule has 1 atom stereocenters. The quantitative estimate of drug-likeness (QED) is 0.327. The molecule has 2 aliphatic heterocycles. The summed E-state index contributed by atoms with van der Waals surface area (Å²) in [5.41, 5.74) is 3.12. The third-order valence-electron chi connectivity index (χ3n) is 1.77. The maximum atomic E-state index is 3.77. The van der Waals surface area contributed by atoms with Crippen molar-refractivity contribution >= 4 is 6.72 Å². The molecule has 3 nitrogen and oxygen atoms in total. The fourth-order valence-corrected chi connectivity index (χ4v) is 1.16. The smallest absolute Gasteiger partial charge is 0.171 e. The summed E-state index contributed by atoms with van der Waals surface area (Å²) in [6, 6.07) is 0.814. The highest BCUT2D eigenvalue weighted by atomic mass is 15.8. The molecular formula is C5H10N3+.